The minimum atomic E-state index is -0.485. The Kier molecular flexibility index (Phi) is 10.6. The monoisotopic (exact) mass is 399 g/mol. The summed E-state index contributed by atoms with van der Waals surface area (Å²) >= 11 is 0. The molecule has 8 nitrogen and oxygen atoms in total. The molecule has 1 atom stereocenters. The molecule has 0 aromatic rings. The molecule has 0 saturated carbocycles. The summed E-state index contributed by atoms with van der Waals surface area (Å²) in [4.78, 5) is 20.7. The Morgan fingerprint density at radius 1 is 1.25 bits per heavy atom. The van der Waals surface area contributed by atoms with Crippen LogP contribution in [0.25, 0.3) is 0 Å². The van der Waals surface area contributed by atoms with Crippen molar-refractivity contribution in [1.29, 1.82) is 0 Å². The van der Waals surface area contributed by atoms with E-state index in [9.17, 15) is 4.79 Å². The van der Waals surface area contributed by atoms with Crippen LogP contribution in [-0.4, -0.2) is 93.0 Å². The fourth-order valence-corrected chi connectivity index (χ4v) is 3.13. The first-order valence-corrected chi connectivity index (χ1v) is 10.4. The van der Waals surface area contributed by atoms with Gasteiger partial charge in [-0.25, -0.2) is 4.79 Å². The highest BCUT2D eigenvalue weighted by atomic mass is 16.6. The lowest BCUT2D eigenvalue weighted by Crippen LogP contribution is -2.53. The third-order valence-corrected chi connectivity index (χ3v) is 4.69. The van der Waals surface area contributed by atoms with Crippen molar-refractivity contribution in [3.05, 3.63) is 0 Å². The fourth-order valence-electron chi connectivity index (χ4n) is 3.13. The quantitative estimate of drug-likeness (QED) is 0.478. The number of amides is 1. The van der Waals surface area contributed by atoms with E-state index in [1.165, 1.54) is 0 Å². The lowest BCUT2D eigenvalue weighted by Gasteiger charge is -2.37. The van der Waals surface area contributed by atoms with Crippen molar-refractivity contribution >= 4 is 12.1 Å². The van der Waals surface area contributed by atoms with Gasteiger partial charge in [-0.1, -0.05) is 13.8 Å². The molecule has 0 bridgehead atoms. The summed E-state index contributed by atoms with van der Waals surface area (Å²) in [5.74, 6) is 1.28. The number of morpholine rings is 1. The maximum absolute atomic E-state index is 12.2. The molecule has 1 aliphatic heterocycles. The molecule has 1 amide bonds. The number of guanidine groups is 1. The number of carbonyl (C=O) groups excluding carboxylic acids is 1. The summed E-state index contributed by atoms with van der Waals surface area (Å²) < 4.78 is 10.9. The maximum atomic E-state index is 12.2. The minimum absolute atomic E-state index is 0.285. The lowest BCUT2D eigenvalue weighted by atomic mass is 10.0. The molecule has 28 heavy (non-hydrogen) atoms. The highest BCUT2D eigenvalue weighted by Gasteiger charge is 2.24. The first-order valence-electron chi connectivity index (χ1n) is 10.4. The molecule has 0 aromatic carbocycles. The summed E-state index contributed by atoms with van der Waals surface area (Å²) in [6.45, 7) is 18.2. The average molecular weight is 400 g/mol. The Labute approximate surface area is 171 Å². The Hall–Kier alpha value is -1.54. The van der Waals surface area contributed by atoms with Gasteiger partial charge in [0.15, 0.2) is 5.96 Å². The second kappa shape index (κ2) is 12.1. The van der Waals surface area contributed by atoms with Crippen molar-refractivity contribution in [3.63, 3.8) is 0 Å². The van der Waals surface area contributed by atoms with Gasteiger partial charge in [0.2, 0.25) is 0 Å². The third kappa shape index (κ3) is 9.10. The van der Waals surface area contributed by atoms with Crippen molar-refractivity contribution < 1.29 is 14.3 Å². The van der Waals surface area contributed by atoms with Crippen LogP contribution in [0.5, 0.6) is 0 Å². The number of ether oxygens (including phenoxy) is 2. The first-order chi connectivity index (χ1) is 13.2. The van der Waals surface area contributed by atoms with Crippen LogP contribution in [0.2, 0.25) is 0 Å². The van der Waals surface area contributed by atoms with Crippen molar-refractivity contribution in [3.8, 4) is 0 Å². The number of hydrogen-bond acceptors (Lipinski definition) is 5. The normalized spacial score (nSPS) is 17.4. The van der Waals surface area contributed by atoms with E-state index < -0.39 is 5.60 Å². The molecule has 0 spiro atoms. The van der Waals surface area contributed by atoms with Gasteiger partial charge in [0, 0.05) is 52.4 Å². The SMILES string of the molecule is CCN(CCNC(=NC)NCC(C(C)C)N1CCOCC1)C(=O)OC(C)(C)C. The number of hydrogen-bond donors (Lipinski definition) is 2. The number of aliphatic imine (C=N–C) groups is 1. The number of rotatable bonds is 8. The summed E-state index contributed by atoms with van der Waals surface area (Å²) in [6.07, 6.45) is -0.285. The van der Waals surface area contributed by atoms with Crippen molar-refractivity contribution in [2.45, 2.75) is 53.2 Å². The Morgan fingerprint density at radius 2 is 1.89 bits per heavy atom. The zero-order valence-electron chi connectivity index (χ0n) is 18.9. The standard InChI is InChI=1S/C20H41N5O3/c1-8-24(19(26)28-20(4,5)6)10-9-22-18(21-7)23-15-17(16(2)3)25-11-13-27-14-12-25/h16-17H,8-15H2,1-7H3,(H2,21,22,23). The molecular formula is C20H41N5O3. The van der Waals surface area contributed by atoms with Crippen molar-refractivity contribution in [2.75, 3.05) is 59.5 Å². The Balaban J connectivity index is 2.45. The van der Waals surface area contributed by atoms with Crippen molar-refractivity contribution in [1.82, 2.24) is 20.4 Å². The van der Waals surface area contributed by atoms with Crippen molar-refractivity contribution in [2.24, 2.45) is 10.9 Å². The average Bonchev–Trinajstić information content (AvgIpc) is 2.62. The zero-order valence-corrected chi connectivity index (χ0v) is 18.9. The van der Waals surface area contributed by atoms with Gasteiger partial charge < -0.3 is 25.0 Å². The number of carbonyl (C=O) groups is 1. The molecule has 1 fully saturated rings. The molecule has 1 rings (SSSR count). The summed E-state index contributed by atoms with van der Waals surface area (Å²) in [7, 11) is 1.76. The minimum Gasteiger partial charge on any atom is -0.444 e. The predicted octanol–water partition coefficient (Wildman–Crippen LogP) is 1.77. The van der Waals surface area contributed by atoms with E-state index in [-0.39, 0.29) is 6.09 Å². The Morgan fingerprint density at radius 3 is 2.39 bits per heavy atom. The molecule has 1 saturated heterocycles. The molecular weight excluding hydrogens is 358 g/mol. The molecule has 0 aliphatic carbocycles. The molecule has 1 heterocycles. The molecule has 8 heteroatoms. The van der Waals surface area contributed by atoms with Crippen LogP contribution < -0.4 is 10.6 Å². The van der Waals surface area contributed by atoms with Crippen LogP contribution in [0, 0.1) is 5.92 Å². The fraction of sp³-hybridized carbons (Fsp3) is 0.900. The largest absolute Gasteiger partial charge is 0.444 e. The molecule has 1 unspecified atom stereocenters. The molecule has 2 N–H and O–H groups in total. The van der Waals surface area contributed by atoms with Crippen LogP contribution >= 0.6 is 0 Å². The summed E-state index contributed by atoms with van der Waals surface area (Å²) in [5, 5.41) is 6.72. The highest BCUT2D eigenvalue weighted by Crippen LogP contribution is 2.12. The van der Waals surface area contributed by atoms with Crippen LogP contribution in [0.1, 0.15) is 41.5 Å². The van der Waals surface area contributed by atoms with Crippen LogP contribution in [0.3, 0.4) is 0 Å². The number of nitrogens with zero attached hydrogens (tertiary/aromatic N) is 3. The molecule has 0 radical (unpaired) electrons. The van der Waals surface area contributed by atoms with Gasteiger partial charge in [-0.05, 0) is 33.6 Å². The van der Waals surface area contributed by atoms with Gasteiger partial charge in [0.05, 0.1) is 13.2 Å². The van der Waals surface area contributed by atoms with Gasteiger partial charge in [-0.2, -0.15) is 0 Å². The van der Waals surface area contributed by atoms with E-state index in [2.05, 4.69) is 34.4 Å². The Bertz CT molecular complexity index is 485. The lowest BCUT2D eigenvalue weighted by molar-refractivity contribution is 0.00750. The number of nitrogens with one attached hydrogen (secondary N) is 2. The van der Waals surface area contributed by atoms with Gasteiger partial charge in [-0.15, -0.1) is 0 Å². The van der Waals surface area contributed by atoms with Gasteiger partial charge >= 0.3 is 6.09 Å². The van der Waals surface area contributed by atoms with E-state index in [0.29, 0.717) is 31.6 Å². The van der Waals surface area contributed by atoms with E-state index in [0.717, 1.165) is 38.8 Å². The van der Waals surface area contributed by atoms with Gasteiger partial charge in [-0.3, -0.25) is 9.89 Å². The zero-order chi connectivity index (χ0) is 21.2. The van der Waals surface area contributed by atoms with Crippen LogP contribution in [0.15, 0.2) is 4.99 Å². The van der Waals surface area contributed by atoms with E-state index in [1.807, 2.05) is 27.7 Å². The highest BCUT2D eigenvalue weighted by molar-refractivity contribution is 5.79. The maximum Gasteiger partial charge on any atom is 0.410 e. The topological polar surface area (TPSA) is 78.4 Å². The summed E-state index contributed by atoms with van der Waals surface area (Å²) in [5.41, 5.74) is -0.485. The predicted molar refractivity (Wildman–Crippen MR) is 114 cm³/mol. The van der Waals surface area contributed by atoms with E-state index in [1.54, 1.807) is 11.9 Å². The number of likely N-dealkylation sites (N-methyl/N-ethyl adjacent to an activating group) is 1. The smallest absolute Gasteiger partial charge is 0.410 e. The summed E-state index contributed by atoms with van der Waals surface area (Å²) in [6, 6.07) is 0.427. The first kappa shape index (κ1) is 24.5. The molecule has 1 aliphatic rings. The van der Waals surface area contributed by atoms with Crippen LogP contribution in [0.4, 0.5) is 4.79 Å². The van der Waals surface area contributed by atoms with E-state index in [4.69, 9.17) is 9.47 Å². The molecule has 0 aromatic heterocycles. The second-order valence-corrected chi connectivity index (χ2v) is 8.40. The van der Waals surface area contributed by atoms with Gasteiger partial charge in [0.25, 0.3) is 0 Å². The van der Waals surface area contributed by atoms with Crippen LogP contribution in [-0.2, 0) is 9.47 Å². The second-order valence-electron chi connectivity index (χ2n) is 8.40. The third-order valence-electron chi connectivity index (χ3n) is 4.69. The van der Waals surface area contributed by atoms with E-state index >= 15 is 0 Å². The van der Waals surface area contributed by atoms with Gasteiger partial charge in [0.1, 0.15) is 5.60 Å². The molecule has 164 valence electrons.